The molecule has 0 atom stereocenters. The summed E-state index contributed by atoms with van der Waals surface area (Å²) >= 11 is 3.83. The van der Waals surface area contributed by atoms with Gasteiger partial charge in [0, 0.05) is 0 Å². The van der Waals surface area contributed by atoms with Gasteiger partial charge in [0.25, 0.3) is 0 Å². The van der Waals surface area contributed by atoms with E-state index < -0.39 is 0 Å². The molecule has 0 unspecified atom stereocenters. The normalized spacial score (nSPS) is 11.8. The van der Waals surface area contributed by atoms with E-state index in [4.69, 9.17) is 0 Å². The number of hydrogen-bond acceptors (Lipinski definition) is 1. The molecule has 2 rings (SSSR count). The first kappa shape index (κ1) is 9.23. The maximum absolute atomic E-state index is 9.56. The summed E-state index contributed by atoms with van der Waals surface area (Å²) in [4.78, 5) is 0. The second kappa shape index (κ2) is 4.91. The van der Waals surface area contributed by atoms with Crippen molar-refractivity contribution in [2.45, 2.75) is 6.42 Å². The Morgan fingerprint density at radius 1 is 1.33 bits per heavy atom. The summed E-state index contributed by atoms with van der Waals surface area (Å²) in [6.45, 7) is 0. The molecule has 0 N–H and O–H groups in total. The number of benzene rings is 1. The first-order valence-electron chi connectivity index (χ1n) is 3.52. The molecule has 1 nitrogen and oxygen atoms in total. The molecule has 1 aromatic carbocycles. The zero-order chi connectivity index (χ0) is 8.81. The summed E-state index contributed by atoms with van der Waals surface area (Å²) in [5.41, 5.74) is 2.84. The van der Waals surface area contributed by atoms with Gasteiger partial charge in [-0.3, -0.25) is 0 Å². The lowest BCUT2D eigenvalue weighted by molar-refractivity contribution is 0.00645. The number of fused-ring (bicyclic) bond motifs is 1. The molecule has 0 bridgehead atoms. The van der Waals surface area contributed by atoms with Crippen LogP contribution in [0.4, 0.5) is 4.53 Å². The van der Waals surface area contributed by atoms with Gasteiger partial charge in [-0.05, 0) is 22.1 Å². The van der Waals surface area contributed by atoms with Gasteiger partial charge in [-0.1, -0.05) is 40.9 Å². The first-order valence-corrected chi connectivity index (χ1v) is 3.83. The molecule has 1 aromatic rings. The van der Waals surface area contributed by atoms with E-state index in [9.17, 15) is 4.53 Å². The first-order chi connectivity index (χ1) is 5.88. The largest absolute Gasteiger partial charge is 0.106 e. The number of halogens is 2. The van der Waals surface area contributed by atoms with Crippen LogP contribution in [0.3, 0.4) is 0 Å². The third kappa shape index (κ3) is 2.32. The van der Waals surface area contributed by atoms with Gasteiger partial charge in [0.05, 0.1) is 0 Å². The van der Waals surface area contributed by atoms with Gasteiger partial charge in [0.15, 0.2) is 0 Å². The van der Waals surface area contributed by atoms with Gasteiger partial charge < -0.3 is 0 Å². The predicted octanol–water partition coefficient (Wildman–Crippen LogP) is 3.30. The van der Waals surface area contributed by atoms with Gasteiger partial charge in [-0.2, -0.15) is 0 Å². The van der Waals surface area contributed by atoms with Gasteiger partial charge in [-0.15, -0.1) is 0 Å². The fourth-order valence-corrected chi connectivity index (χ4v) is 1.20. The average molecular weight is 187 g/mol. The van der Waals surface area contributed by atoms with E-state index in [1.807, 2.05) is 0 Å². The van der Waals surface area contributed by atoms with Crippen molar-refractivity contribution in [2.75, 3.05) is 0 Å². The van der Waals surface area contributed by atoms with Crippen molar-refractivity contribution in [3.63, 3.8) is 0 Å². The topological polar surface area (TPSA) is 9.23 Å². The van der Waals surface area contributed by atoms with Gasteiger partial charge in [0.1, 0.15) is 11.9 Å². The molecule has 0 heterocycles. The summed E-state index contributed by atoms with van der Waals surface area (Å²) in [7, 11) is 0. The second-order valence-corrected chi connectivity index (χ2v) is 2.48. The lowest BCUT2D eigenvalue weighted by atomic mass is 10.1. The Labute approximate surface area is 75.5 Å². The van der Waals surface area contributed by atoms with E-state index in [1.165, 1.54) is 11.1 Å². The van der Waals surface area contributed by atoms with Crippen LogP contribution in [-0.4, -0.2) is 0 Å². The lowest BCUT2D eigenvalue weighted by Crippen LogP contribution is -1.76. The van der Waals surface area contributed by atoms with Crippen molar-refractivity contribution in [2.24, 2.45) is 0 Å². The van der Waals surface area contributed by atoms with Crippen molar-refractivity contribution in [1.82, 2.24) is 0 Å². The maximum atomic E-state index is 9.56. The smallest absolute Gasteiger partial charge is 0.0795 e. The van der Waals surface area contributed by atoms with Crippen LogP contribution in [0, 0.1) is 0 Å². The Hall–Kier alpha value is -0.860. The number of allylic oxidation sites excluding steroid dienone is 1. The standard InChI is InChI=1S/C9H8.ClFO/c1-2-5-9-7-3-6-8(9)4-1;1-3-2/h1-6H,7H2;. The van der Waals surface area contributed by atoms with E-state index in [0.717, 1.165) is 6.42 Å². The monoisotopic (exact) mass is 186 g/mol. The molecule has 0 fully saturated rings. The van der Waals surface area contributed by atoms with Crippen LogP contribution >= 0.6 is 11.9 Å². The summed E-state index contributed by atoms with van der Waals surface area (Å²) < 4.78 is 11.8. The Morgan fingerprint density at radius 2 is 2.00 bits per heavy atom. The molecule has 12 heavy (non-hydrogen) atoms. The highest BCUT2D eigenvalue weighted by atomic mass is 35.5. The fourth-order valence-electron chi connectivity index (χ4n) is 1.20. The van der Waals surface area contributed by atoms with Crippen molar-refractivity contribution in [1.29, 1.82) is 0 Å². The third-order valence-electron chi connectivity index (χ3n) is 1.69. The summed E-state index contributed by atoms with van der Waals surface area (Å²) in [5.74, 6) is 0. The van der Waals surface area contributed by atoms with E-state index in [0.29, 0.717) is 0 Å². The predicted molar refractivity (Wildman–Crippen MR) is 47.2 cm³/mol. The molecule has 0 aromatic heterocycles. The molecule has 0 amide bonds. The quantitative estimate of drug-likeness (QED) is 0.604. The highest BCUT2D eigenvalue weighted by Gasteiger charge is 2.00. The lowest BCUT2D eigenvalue weighted by Gasteiger charge is -1.93. The highest BCUT2D eigenvalue weighted by molar-refractivity contribution is 6.06. The molecule has 3 heteroatoms. The van der Waals surface area contributed by atoms with Crippen LogP contribution in [0.5, 0.6) is 0 Å². The third-order valence-corrected chi connectivity index (χ3v) is 1.69. The molecule has 0 aliphatic heterocycles. The minimum absolute atomic E-state index is 1.12. The van der Waals surface area contributed by atoms with Gasteiger partial charge in [0.2, 0.25) is 0 Å². The molecule has 0 saturated carbocycles. The van der Waals surface area contributed by atoms with Gasteiger partial charge >= 0.3 is 0 Å². The summed E-state index contributed by atoms with van der Waals surface area (Å²) in [6.07, 6.45) is 5.50. The Morgan fingerprint density at radius 3 is 2.67 bits per heavy atom. The van der Waals surface area contributed by atoms with Crippen LogP contribution in [0.25, 0.3) is 6.08 Å². The molecule has 64 valence electrons. The highest BCUT2D eigenvalue weighted by Crippen LogP contribution is 2.17. The molecule has 0 spiro atoms. The van der Waals surface area contributed by atoms with E-state index in [1.54, 1.807) is 0 Å². The molecular formula is C9H8ClFO. The Bertz CT molecular complexity index is 273. The molecule has 1 aliphatic rings. The number of rotatable bonds is 0. The SMILES string of the molecule is C1=Cc2ccccc2C1.FOCl. The average Bonchev–Trinajstić information content (AvgIpc) is 2.52. The summed E-state index contributed by atoms with van der Waals surface area (Å²) in [5, 5.41) is 0. The van der Waals surface area contributed by atoms with Crippen LogP contribution in [0.1, 0.15) is 11.1 Å². The minimum atomic E-state index is 1.12. The molecule has 1 aliphatic carbocycles. The minimum Gasteiger partial charge on any atom is -0.0795 e. The Balaban J connectivity index is 0.000000213. The van der Waals surface area contributed by atoms with Crippen LogP contribution in [0.2, 0.25) is 0 Å². The number of hydrogen-bond donors (Lipinski definition) is 0. The van der Waals surface area contributed by atoms with Crippen molar-refractivity contribution < 1.29 is 9.02 Å². The zero-order valence-corrected chi connectivity index (χ0v) is 7.09. The molecule has 0 saturated heterocycles. The fraction of sp³-hybridized carbons (Fsp3) is 0.111. The Kier molecular flexibility index (Phi) is 3.77. The molecule has 0 radical (unpaired) electrons. The van der Waals surface area contributed by atoms with E-state index in [2.05, 4.69) is 52.8 Å². The zero-order valence-electron chi connectivity index (χ0n) is 6.34. The van der Waals surface area contributed by atoms with Crippen LogP contribution in [0.15, 0.2) is 30.3 Å². The van der Waals surface area contributed by atoms with Gasteiger partial charge in [-0.25, -0.2) is 0 Å². The van der Waals surface area contributed by atoms with E-state index in [-0.39, 0.29) is 0 Å². The van der Waals surface area contributed by atoms with Crippen LogP contribution in [-0.2, 0) is 10.9 Å². The molecular weight excluding hydrogens is 179 g/mol. The van der Waals surface area contributed by atoms with Crippen molar-refractivity contribution >= 4 is 17.9 Å². The maximum Gasteiger partial charge on any atom is 0.106 e. The van der Waals surface area contributed by atoms with Crippen molar-refractivity contribution in [3.05, 3.63) is 41.5 Å². The summed E-state index contributed by atoms with van der Waals surface area (Å²) in [6, 6.07) is 8.49. The van der Waals surface area contributed by atoms with E-state index >= 15 is 0 Å². The second-order valence-electron chi connectivity index (χ2n) is 2.36. The van der Waals surface area contributed by atoms with Crippen LogP contribution < -0.4 is 0 Å². The van der Waals surface area contributed by atoms with Crippen molar-refractivity contribution in [3.8, 4) is 0 Å².